The van der Waals surface area contributed by atoms with E-state index in [1.54, 1.807) is 18.4 Å². The van der Waals surface area contributed by atoms with Crippen molar-refractivity contribution in [1.82, 2.24) is 0 Å². The van der Waals surface area contributed by atoms with E-state index in [0.29, 0.717) is 14.7 Å². The van der Waals surface area contributed by atoms with Gasteiger partial charge in [-0.15, -0.1) is 0 Å². The van der Waals surface area contributed by atoms with Crippen molar-refractivity contribution in [3.8, 4) is 0 Å². The number of halogens is 3. The van der Waals surface area contributed by atoms with Crippen LogP contribution in [0.15, 0.2) is 27.5 Å². The van der Waals surface area contributed by atoms with E-state index < -0.39 is 0 Å². The van der Waals surface area contributed by atoms with Crippen LogP contribution in [0.5, 0.6) is 0 Å². The highest BCUT2D eigenvalue weighted by Gasteiger charge is 2.06. The molecule has 0 aliphatic carbocycles. The van der Waals surface area contributed by atoms with Crippen LogP contribution >= 0.6 is 39.1 Å². The molecule has 0 amide bonds. The highest BCUT2D eigenvalue weighted by Crippen LogP contribution is 2.32. The van der Waals surface area contributed by atoms with Crippen LogP contribution in [0.2, 0.25) is 10.0 Å². The number of hydrogen-bond acceptors (Lipinski definition) is 1. The van der Waals surface area contributed by atoms with Crippen LogP contribution in [0.1, 0.15) is 0 Å². The van der Waals surface area contributed by atoms with Crippen molar-refractivity contribution in [1.29, 1.82) is 0 Å². The Hall–Kier alpha value is -0.180. The Morgan fingerprint density at radius 1 is 1.17 bits per heavy atom. The number of fused-ring (bicyclic) bond motifs is 1. The minimum absolute atomic E-state index is 0.534. The highest BCUT2D eigenvalue weighted by atomic mass is 79.9. The van der Waals surface area contributed by atoms with Crippen LogP contribution in [0.3, 0.4) is 0 Å². The van der Waals surface area contributed by atoms with E-state index in [2.05, 4.69) is 15.9 Å². The monoisotopic (exact) mass is 264 g/mol. The van der Waals surface area contributed by atoms with Crippen molar-refractivity contribution in [3.63, 3.8) is 0 Å². The first-order chi connectivity index (χ1) is 5.68. The van der Waals surface area contributed by atoms with Gasteiger partial charge in [-0.1, -0.05) is 23.2 Å². The molecule has 0 saturated carbocycles. The minimum Gasteiger partial charge on any atom is -0.456 e. The van der Waals surface area contributed by atoms with Gasteiger partial charge in [0, 0.05) is 10.8 Å². The van der Waals surface area contributed by atoms with Crippen LogP contribution in [-0.4, -0.2) is 0 Å². The van der Waals surface area contributed by atoms with Crippen molar-refractivity contribution < 1.29 is 4.42 Å². The molecule has 1 heterocycles. The Balaban J connectivity index is 2.87. The molecule has 2 aromatic rings. The molecule has 1 aromatic heterocycles. The number of furan rings is 1. The molecule has 4 heteroatoms. The molecule has 1 nitrogen and oxygen atoms in total. The average molecular weight is 266 g/mol. The minimum atomic E-state index is 0.534. The molecule has 2 rings (SSSR count). The summed E-state index contributed by atoms with van der Waals surface area (Å²) < 4.78 is 5.80. The third-order valence-electron chi connectivity index (χ3n) is 1.59. The Morgan fingerprint density at radius 3 is 2.58 bits per heavy atom. The zero-order chi connectivity index (χ0) is 8.72. The van der Waals surface area contributed by atoms with Crippen molar-refractivity contribution in [2.75, 3.05) is 0 Å². The summed E-state index contributed by atoms with van der Waals surface area (Å²) >= 11 is 14.9. The molecule has 0 aliphatic heterocycles. The molecule has 0 unspecified atom stereocenters. The normalized spacial score (nSPS) is 10.9. The summed E-state index contributed by atoms with van der Waals surface area (Å²) in [7, 11) is 0. The van der Waals surface area contributed by atoms with Crippen molar-refractivity contribution in [3.05, 3.63) is 33.1 Å². The Morgan fingerprint density at radius 2 is 1.83 bits per heavy atom. The largest absolute Gasteiger partial charge is 0.456 e. The molecular weight excluding hydrogens is 263 g/mol. The lowest BCUT2D eigenvalue weighted by Crippen LogP contribution is -1.69. The molecule has 0 fully saturated rings. The lowest BCUT2D eigenvalue weighted by atomic mass is 10.2. The van der Waals surface area contributed by atoms with Crippen molar-refractivity contribution in [2.24, 2.45) is 0 Å². The first-order valence-electron chi connectivity index (χ1n) is 3.20. The molecule has 0 atom stereocenters. The number of benzene rings is 1. The van der Waals surface area contributed by atoms with E-state index in [1.807, 2.05) is 0 Å². The maximum absolute atomic E-state index is 5.82. The van der Waals surface area contributed by atoms with E-state index in [-0.39, 0.29) is 0 Å². The van der Waals surface area contributed by atoms with Gasteiger partial charge in [0.2, 0.25) is 0 Å². The topological polar surface area (TPSA) is 13.1 Å². The van der Waals surface area contributed by atoms with E-state index in [1.165, 1.54) is 0 Å². The Bertz CT molecular complexity index is 436. The second kappa shape index (κ2) is 2.95. The fourth-order valence-electron chi connectivity index (χ4n) is 1.01. The second-order valence-electron chi connectivity index (χ2n) is 2.36. The lowest BCUT2D eigenvalue weighted by Gasteiger charge is -1.94. The van der Waals surface area contributed by atoms with E-state index in [0.717, 1.165) is 10.8 Å². The first-order valence-corrected chi connectivity index (χ1v) is 4.75. The molecule has 12 heavy (non-hydrogen) atoms. The van der Waals surface area contributed by atoms with E-state index in [4.69, 9.17) is 27.6 Å². The van der Waals surface area contributed by atoms with Crippen LogP contribution in [0.25, 0.3) is 10.8 Å². The fourth-order valence-corrected chi connectivity index (χ4v) is 1.78. The summed E-state index contributed by atoms with van der Waals surface area (Å²) in [6.07, 6.45) is 1.63. The smallest absolute Gasteiger partial charge is 0.176 e. The maximum atomic E-state index is 5.82. The van der Waals surface area contributed by atoms with Gasteiger partial charge in [0.1, 0.15) is 0 Å². The number of rotatable bonds is 0. The van der Waals surface area contributed by atoms with Crippen LogP contribution < -0.4 is 0 Å². The van der Waals surface area contributed by atoms with Gasteiger partial charge in [0.15, 0.2) is 4.67 Å². The Kier molecular flexibility index (Phi) is 2.07. The van der Waals surface area contributed by atoms with Gasteiger partial charge in [-0.2, -0.15) is 0 Å². The SMILES string of the molecule is Clc1cc2coc(Br)c2cc1Cl. The molecular formula is C8H3BrCl2O. The molecule has 62 valence electrons. The third-order valence-corrected chi connectivity index (χ3v) is 2.93. The average Bonchev–Trinajstić information content (AvgIpc) is 2.35. The predicted molar refractivity (Wildman–Crippen MR) is 53.9 cm³/mol. The van der Waals surface area contributed by atoms with Gasteiger partial charge in [-0.3, -0.25) is 0 Å². The van der Waals surface area contributed by atoms with Gasteiger partial charge in [-0.05, 0) is 28.1 Å². The molecule has 0 N–H and O–H groups in total. The summed E-state index contributed by atoms with van der Waals surface area (Å²) in [5, 5.41) is 2.95. The zero-order valence-electron chi connectivity index (χ0n) is 5.77. The molecule has 0 radical (unpaired) electrons. The highest BCUT2D eigenvalue weighted by molar-refractivity contribution is 9.10. The van der Waals surface area contributed by atoms with Gasteiger partial charge in [-0.25, -0.2) is 0 Å². The zero-order valence-corrected chi connectivity index (χ0v) is 8.87. The lowest BCUT2D eigenvalue weighted by molar-refractivity contribution is 0.547. The van der Waals surface area contributed by atoms with Crippen LogP contribution in [0, 0.1) is 0 Å². The first kappa shape index (κ1) is 8.42. The summed E-state index contributed by atoms with van der Waals surface area (Å²) in [5.74, 6) is 0. The molecule has 0 saturated heterocycles. The van der Waals surface area contributed by atoms with Gasteiger partial charge in [0.05, 0.1) is 16.3 Å². The molecule has 0 bridgehead atoms. The third kappa shape index (κ3) is 1.24. The summed E-state index contributed by atoms with van der Waals surface area (Å²) in [4.78, 5) is 0. The number of hydrogen-bond donors (Lipinski definition) is 0. The van der Waals surface area contributed by atoms with Gasteiger partial charge < -0.3 is 4.42 Å². The Labute approximate surface area is 87.4 Å². The van der Waals surface area contributed by atoms with E-state index in [9.17, 15) is 0 Å². The molecule has 0 spiro atoms. The predicted octanol–water partition coefficient (Wildman–Crippen LogP) is 4.50. The van der Waals surface area contributed by atoms with Crippen molar-refractivity contribution >= 4 is 49.9 Å². The maximum Gasteiger partial charge on any atom is 0.176 e. The van der Waals surface area contributed by atoms with E-state index >= 15 is 0 Å². The van der Waals surface area contributed by atoms with Gasteiger partial charge >= 0.3 is 0 Å². The van der Waals surface area contributed by atoms with Gasteiger partial charge in [0.25, 0.3) is 0 Å². The second-order valence-corrected chi connectivity index (χ2v) is 3.90. The van der Waals surface area contributed by atoms with Crippen molar-refractivity contribution in [2.45, 2.75) is 0 Å². The summed E-state index contributed by atoms with van der Waals surface area (Å²) in [5.41, 5.74) is 0. The fraction of sp³-hybridized carbons (Fsp3) is 0. The quantitative estimate of drug-likeness (QED) is 0.684. The summed E-state index contributed by atoms with van der Waals surface area (Å²) in [6, 6.07) is 3.54. The standard InChI is InChI=1S/C8H3BrCl2O/c9-8-5-2-7(11)6(10)1-4(5)3-12-8/h1-3H. The van der Waals surface area contributed by atoms with Crippen LogP contribution in [0.4, 0.5) is 0 Å². The van der Waals surface area contributed by atoms with Crippen LogP contribution in [-0.2, 0) is 0 Å². The summed E-state index contributed by atoms with van der Waals surface area (Å²) in [6.45, 7) is 0. The molecule has 0 aliphatic rings. The molecule has 1 aromatic carbocycles.